The van der Waals surface area contributed by atoms with E-state index in [0.717, 1.165) is 6.07 Å². The Balaban J connectivity index is 1.60. The first-order chi connectivity index (χ1) is 14.2. The van der Waals surface area contributed by atoms with E-state index in [1.54, 1.807) is 4.90 Å². The summed E-state index contributed by atoms with van der Waals surface area (Å²) in [7, 11) is 1.27. The van der Waals surface area contributed by atoms with Crippen molar-refractivity contribution in [2.24, 2.45) is 0 Å². The maximum atomic E-state index is 13.5. The summed E-state index contributed by atoms with van der Waals surface area (Å²) in [6.07, 6.45) is -3.90. The first-order valence-electron chi connectivity index (χ1n) is 9.27. The first-order valence-corrected chi connectivity index (χ1v) is 10.1. The minimum atomic E-state index is -4.68. The number of hydrogen-bond donors (Lipinski definition) is 0. The number of piperidine rings is 1. The molecule has 2 aliphatic heterocycles. The zero-order valence-corrected chi connectivity index (χ0v) is 17.5. The molecule has 0 aromatic carbocycles. The van der Waals surface area contributed by atoms with Crippen molar-refractivity contribution >= 4 is 33.4 Å². The van der Waals surface area contributed by atoms with Crippen molar-refractivity contribution < 1.29 is 32.2 Å². The number of carbonyl (C=O) groups is 2. The summed E-state index contributed by atoms with van der Waals surface area (Å²) in [4.78, 5) is 27.9. The number of ether oxygens (including phenoxy) is 2. The molecule has 2 saturated heterocycles. The molecule has 8 nitrogen and oxygen atoms in total. The minimum Gasteiger partial charge on any atom is -0.497 e. The van der Waals surface area contributed by atoms with Crippen LogP contribution in [0.5, 0.6) is 5.75 Å². The van der Waals surface area contributed by atoms with Crippen molar-refractivity contribution in [3.05, 3.63) is 28.0 Å². The summed E-state index contributed by atoms with van der Waals surface area (Å²) in [5, 5.41) is 3.96. The van der Waals surface area contributed by atoms with Gasteiger partial charge in [0.05, 0.1) is 23.6 Å². The molecule has 0 N–H and O–H groups in total. The van der Waals surface area contributed by atoms with Gasteiger partial charge >= 0.3 is 12.3 Å². The van der Waals surface area contributed by atoms with Gasteiger partial charge in [-0.1, -0.05) is 0 Å². The molecule has 0 saturated carbocycles. The molecule has 0 spiro atoms. The number of aromatic nitrogens is 2. The lowest BCUT2D eigenvalue weighted by Gasteiger charge is -2.35. The average Bonchev–Trinajstić information content (AvgIpc) is 3.29. The van der Waals surface area contributed by atoms with E-state index in [9.17, 15) is 22.8 Å². The highest BCUT2D eigenvalue weighted by atomic mass is 79.9. The van der Waals surface area contributed by atoms with Crippen LogP contribution in [0.25, 0.3) is 5.52 Å². The second-order valence-corrected chi connectivity index (χ2v) is 7.86. The molecular weight excluding hydrogens is 473 g/mol. The van der Waals surface area contributed by atoms with Crippen molar-refractivity contribution in [1.82, 2.24) is 19.4 Å². The molecule has 0 aliphatic carbocycles. The Morgan fingerprint density at radius 1 is 1.27 bits per heavy atom. The Hall–Kier alpha value is -2.50. The fraction of sp³-hybridized carbons (Fsp3) is 0.500. The minimum absolute atomic E-state index is 0.00716. The normalized spacial score (nSPS) is 18.2. The molecule has 2 amide bonds. The summed E-state index contributed by atoms with van der Waals surface area (Å²) in [6, 6.07) is 2.20. The zero-order chi connectivity index (χ0) is 21.6. The highest BCUT2D eigenvalue weighted by molar-refractivity contribution is 9.10. The fourth-order valence-electron chi connectivity index (χ4n) is 3.82. The summed E-state index contributed by atoms with van der Waals surface area (Å²) in [6.45, 7) is 1.61. The summed E-state index contributed by atoms with van der Waals surface area (Å²) in [5.74, 6) is -0.465. The third kappa shape index (κ3) is 3.57. The Kier molecular flexibility index (Phi) is 5.28. The number of carbonyl (C=O) groups excluding carboxylic acids is 2. The number of rotatable bonds is 3. The van der Waals surface area contributed by atoms with Gasteiger partial charge in [0.1, 0.15) is 18.1 Å². The fourth-order valence-corrected chi connectivity index (χ4v) is 4.35. The third-order valence-corrected chi connectivity index (χ3v) is 6.14. The van der Waals surface area contributed by atoms with E-state index in [2.05, 4.69) is 21.0 Å². The Morgan fingerprint density at radius 3 is 2.53 bits per heavy atom. The number of alkyl halides is 3. The topological polar surface area (TPSA) is 76.4 Å². The molecule has 0 radical (unpaired) electrons. The van der Waals surface area contributed by atoms with Gasteiger partial charge < -0.3 is 19.3 Å². The molecule has 0 bridgehead atoms. The van der Waals surface area contributed by atoms with Gasteiger partial charge in [0.2, 0.25) is 0 Å². The molecule has 2 aromatic rings. The van der Waals surface area contributed by atoms with Gasteiger partial charge in [0.15, 0.2) is 5.69 Å². The molecule has 12 heteroatoms. The Labute approximate surface area is 177 Å². The highest BCUT2D eigenvalue weighted by Gasteiger charge is 2.38. The Morgan fingerprint density at radius 2 is 1.97 bits per heavy atom. The van der Waals surface area contributed by atoms with Crippen LogP contribution in [0.3, 0.4) is 0 Å². The van der Waals surface area contributed by atoms with Crippen LogP contribution in [0.2, 0.25) is 0 Å². The maximum absolute atomic E-state index is 13.5. The molecule has 0 unspecified atom stereocenters. The van der Waals surface area contributed by atoms with Crippen molar-refractivity contribution in [3.63, 3.8) is 0 Å². The Bertz CT molecular complexity index is 1000. The maximum Gasteiger partial charge on any atom is 0.433 e. The standard InChI is InChI=1S/C18H18BrF3N4O4/c1-29-11-8-12-14(19)15(23-26(12)13(9-11)18(20,21)22)16(27)24-4-2-10(3-5-24)25-6-7-30-17(25)28/h8-10H,2-7H2,1H3. The second-order valence-electron chi connectivity index (χ2n) is 7.07. The largest absolute Gasteiger partial charge is 0.497 e. The number of nitrogens with zero attached hydrogens (tertiary/aromatic N) is 4. The summed E-state index contributed by atoms with van der Waals surface area (Å²) >= 11 is 3.23. The van der Waals surface area contributed by atoms with E-state index in [1.807, 2.05) is 0 Å². The number of halogens is 4. The van der Waals surface area contributed by atoms with Crippen LogP contribution in [0, 0.1) is 0 Å². The van der Waals surface area contributed by atoms with Gasteiger partial charge in [-0.25, -0.2) is 9.31 Å². The number of pyridine rings is 1. The summed E-state index contributed by atoms with van der Waals surface area (Å²) < 4.78 is 51.2. The van der Waals surface area contributed by atoms with E-state index >= 15 is 0 Å². The number of cyclic esters (lactones) is 1. The lowest BCUT2D eigenvalue weighted by atomic mass is 10.0. The molecular formula is C18H18BrF3N4O4. The predicted octanol–water partition coefficient (Wildman–Crippen LogP) is 3.18. The van der Waals surface area contributed by atoms with E-state index in [4.69, 9.17) is 9.47 Å². The van der Waals surface area contributed by atoms with Gasteiger partial charge in [-0.2, -0.15) is 18.3 Å². The highest BCUT2D eigenvalue weighted by Crippen LogP contribution is 2.36. The summed E-state index contributed by atoms with van der Waals surface area (Å²) in [5.41, 5.74) is -1.06. The molecule has 4 rings (SSSR count). The number of hydrogen-bond acceptors (Lipinski definition) is 5. The smallest absolute Gasteiger partial charge is 0.433 e. The van der Waals surface area contributed by atoms with Crippen molar-refractivity contribution in [2.45, 2.75) is 25.1 Å². The van der Waals surface area contributed by atoms with Crippen LogP contribution in [-0.4, -0.2) is 70.8 Å². The van der Waals surface area contributed by atoms with Gasteiger partial charge in [0.25, 0.3) is 5.91 Å². The molecule has 2 aliphatic rings. The van der Waals surface area contributed by atoms with Crippen LogP contribution < -0.4 is 4.74 Å². The lowest BCUT2D eigenvalue weighted by Crippen LogP contribution is -2.47. The van der Waals surface area contributed by atoms with Crippen LogP contribution in [0.15, 0.2) is 16.6 Å². The van der Waals surface area contributed by atoms with E-state index in [0.29, 0.717) is 43.6 Å². The predicted molar refractivity (Wildman–Crippen MR) is 101 cm³/mol. The number of methoxy groups -OCH3 is 1. The van der Waals surface area contributed by atoms with E-state index in [1.165, 1.54) is 18.1 Å². The molecule has 0 atom stereocenters. The van der Waals surface area contributed by atoms with Gasteiger partial charge in [-0.05, 0) is 28.8 Å². The first kappa shape index (κ1) is 20.8. The third-order valence-electron chi connectivity index (χ3n) is 5.36. The average molecular weight is 491 g/mol. The lowest BCUT2D eigenvalue weighted by molar-refractivity contribution is -0.142. The van der Waals surface area contributed by atoms with Crippen LogP contribution in [0.1, 0.15) is 29.0 Å². The molecule has 162 valence electrons. The number of amides is 2. The van der Waals surface area contributed by atoms with E-state index < -0.39 is 17.8 Å². The molecule has 4 heterocycles. The second kappa shape index (κ2) is 7.64. The van der Waals surface area contributed by atoms with Crippen molar-refractivity contribution in [1.29, 1.82) is 0 Å². The van der Waals surface area contributed by atoms with Crippen LogP contribution in [0.4, 0.5) is 18.0 Å². The van der Waals surface area contributed by atoms with E-state index in [-0.39, 0.29) is 33.6 Å². The van der Waals surface area contributed by atoms with Gasteiger partial charge in [-0.15, -0.1) is 0 Å². The molecule has 30 heavy (non-hydrogen) atoms. The van der Waals surface area contributed by atoms with Crippen LogP contribution >= 0.6 is 15.9 Å². The monoisotopic (exact) mass is 490 g/mol. The van der Waals surface area contributed by atoms with Crippen molar-refractivity contribution in [3.8, 4) is 5.75 Å². The zero-order valence-electron chi connectivity index (χ0n) is 15.9. The molecule has 2 fully saturated rings. The van der Waals surface area contributed by atoms with Gasteiger partial charge in [0, 0.05) is 31.3 Å². The van der Waals surface area contributed by atoms with Crippen LogP contribution in [-0.2, 0) is 10.9 Å². The number of fused-ring (bicyclic) bond motifs is 1. The molecule has 2 aromatic heterocycles. The number of likely N-dealkylation sites (tertiary alicyclic amines) is 1. The van der Waals surface area contributed by atoms with Gasteiger partial charge in [-0.3, -0.25) is 4.79 Å². The quantitative estimate of drug-likeness (QED) is 0.660. The van der Waals surface area contributed by atoms with Crippen molar-refractivity contribution in [2.75, 3.05) is 33.4 Å². The SMILES string of the molecule is COc1cc(C(F)(F)F)n2nc(C(=O)N3CCC(N4CCOC4=O)CC3)c(Br)c2c1.